The van der Waals surface area contributed by atoms with Crippen molar-refractivity contribution in [2.75, 3.05) is 13.7 Å². The van der Waals surface area contributed by atoms with Gasteiger partial charge in [0.05, 0.1) is 13.5 Å². The zero-order chi connectivity index (χ0) is 26.1. The van der Waals surface area contributed by atoms with E-state index >= 15 is 0 Å². The van der Waals surface area contributed by atoms with E-state index in [4.69, 9.17) is 4.74 Å². The van der Waals surface area contributed by atoms with Crippen LogP contribution in [-0.2, 0) is 29.0 Å². The van der Waals surface area contributed by atoms with Gasteiger partial charge in [0.15, 0.2) is 0 Å². The maximum Gasteiger partial charge on any atom is 0.243 e. The van der Waals surface area contributed by atoms with Crippen LogP contribution in [0.25, 0.3) is 0 Å². The molecule has 5 heteroatoms. The lowest BCUT2D eigenvalue weighted by molar-refractivity contribution is -0.140. The summed E-state index contributed by atoms with van der Waals surface area (Å²) >= 11 is 0. The minimum absolute atomic E-state index is 0.0818. The molecule has 0 saturated carbocycles. The van der Waals surface area contributed by atoms with Crippen LogP contribution in [0.2, 0.25) is 0 Å². The molecule has 0 radical (unpaired) electrons. The zero-order valence-corrected chi connectivity index (χ0v) is 22.1. The van der Waals surface area contributed by atoms with Crippen LogP contribution in [-0.4, -0.2) is 36.4 Å². The molecule has 0 spiro atoms. The minimum atomic E-state index is -0.642. The van der Waals surface area contributed by atoms with Crippen LogP contribution in [0.3, 0.4) is 0 Å². The van der Waals surface area contributed by atoms with Crippen LogP contribution < -0.4 is 10.1 Å². The van der Waals surface area contributed by atoms with Crippen LogP contribution in [0.1, 0.15) is 41.7 Å². The van der Waals surface area contributed by atoms with Crippen molar-refractivity contribution in [3.63, 3.8) is 0 Å². The number of nitrogens with one attached hydrogen (secondary N) is 1. The lowest BCUT2D eigenvalue weighted by atomic mass is 10.00. The first kappa shape index (κ1) is 27.0. The second kappa shape index (κ2) is 12.9. The summed E-state index contributed by atoms with van der Waals surface area (Å²) in [4.78, 5) is 29.1. The Hall–Kier alpha value is -3.60. The van der Waals surface area contributed by atoms with Crippen LogP contribution in [0.4, 0.5) is 0 Å². The van der Waals surface area contributed by atoms with Gasteiger partial charge in [0.25, 0.3) is 0 Å². The number of methoxy groups -OCH3 is 1. The van der Waals surface area contributed by atoms with Crippen molar-refractivity contribution in [1.29, 1.82) is 0 Å². The molecule has 0 bridgehead atoms. The van der Waals surface area contributed by atoms with Crippen molar-refractivity contribution >= 4 is 11.8 Å². The number of aryl methyl sites for hydroxylation is 2. The number of rotatable bonds is 11. The Balaban J connectivity index is 1.98. The Bertz CT molecular complexity index is 1160. The molecule has 3 rings (SSSR count). The maximum atomic E-state index is 13.9. The smallest absolute Gasteiger partial charge is 0.243 e. The summed E-state index contributed by atoms with van der Waals surface area (Å²) in [5.41, 5.74) is 5.21. The van der Waals surface area contributed by atoms with Gasteiger partial charge in [0.2, 0.25) is 11.8 Å². The number of carbonyl (C=O) groups excluding carboxylic acids is 2. The van der Waals surface area contributed by atoms with E-state index in [0.29, 0.717) is 25.4 Å². The fourth-order valence-corrected chi connectivity index (χ4v) is 4.13. The molecule has 3 aromatic rings. The number of benzene rings is 3. The Morgan fingerprint density at radius 1 is 0.861 bits per heavy atom. The van der Waals surface area contributed by atoms with Gasteiger partial charge in [-0.2, -0.15) is 0 Å². The van der Waals surface area contributed by atoms with E-state index in [1.165, 1.54) is 5.56 Å². The fourth-order valence-electron chi connectivity index (χ4n) is 4.13. The van der Waals surface area contributed by atoms with Crippen LogP contribution in [0, 0.1) is 19.8 Å². The summed E-state index contributed by atoms with van der Waals surface area (Å²) in [6.07, 6.45) is 0.668. The molecule has 3 aromatic carbocycles. The SMILES string of the molecule is COc1cccc(CN(C(=O)Cc2ccc(C)c(C)c2)[C@@H](Cc2ccccc2)C(=O)NCC(C)C)c1. The third-order valence-electron chi connectivity index (χ3n) is 6.37. The number of carbonyl (C=O) groups is 2. The molecule has 1 N–H and O–H groups in total. The van der Waals surface area contributed by atoms with Gasteiger partial charge in [-0.25, -0.2) is 0 Å². The van der Waals surface area contributed by atoms with E-state index in [1.807, 2.05) is 66.7 Å². The molecular weight excluding hydrogens is 448 g/mol. The van der Waals surface area contributed by atoms with Crippen molar-refractivity contribution < 1.29 is 14.3 Å². The minimum Gasteiger partial charge on any atom is -0.497 e. The zero-order valence-electron chi connectivity index (χ0n) is 22.1. The summed E-state index contributed by atoms with van der Waals surface area (Å²) < 4.78 is 5.40. The van der Waals surface area contributed by atoms with E-state index in [9.17, 15) is 9.59 Å². The molecule has 0 aromatic heterocycles. The van der Waals surface area contributed by atoms with E-state index < -0.39 is 6.04 Å². The van der Waals surface area contributed by atoms with E-state index in [-0.39, 0.29) is 18.2 Å². The molecule has 5 nitrogen and oxygen atoms in total. The number of amides is 2. The Morgan fingerprint density at radius 3 is 2.25 bits per heavy atom. The molecule has 0 aliphatic heterocycles. The average Bonchev–Trinajstić information content (AvgIpc) is 2.87. The van der Waals surface area contributed by atoms with Crippen LogP contribution >= 0.6 is 0 Å². The van der Waals surface area contributed by atoms with Gasteiger partial charge in [0, 0.05) is 19.5 Å². The van der Waals surface area contributed by atoms with Gasteiger partial charge in [-0.05, 0) is 59.7 Å². The van der Waals surface area contributed by atoms with Crippen molar-refractivity contribution in [1.82, 2.24) is 10.2 Å². The molecule has 0 fully saturated rings. The molecule has 0 aliphatic carbocycles. The second-order valence-electron chi connectivity index (χ2n) is 9.81. The molecule has 0 saturated heterocycles. The Kier molecular flexibility index (Phi) is 9.69. The number of hydrogen-bond acceptors (Lipinski definition) is 3. The van der Waals surface area contributed by atoms with Crippen LogP contribution in [0.5, 0.6) is 5.75 Å². The first-order chi connectivity index (χ1) is 17.3. The van der Waals surface area contributed by atoms with Crippen LogP contribution in [0.15, 0.2) is 72.8 Å². The molecule has 1 atom stereocenters. The highest BCUT2D eigenvalue weighted by Gasteiger charge is 2.30. The number of ether oxygens (including phenoxy) is 1. The Morgan fingerprint density at radius 2 is 1.58 bits per heavy atom. The van der Waals surface area contributed by atoms with Gasteiger partial charge < -0.3 is 15.0 Å². The molecule has 0 unspecified atom stereocenters. The van der Waals surface area contributed by atoms with E-state index in [0.717, 1.165) is 28.0 Å². The first-order valence-corrected chi connectivity index (χ1v) is 12.6. The topological polar surface area (TPSA) is 58.6 Å². The molecule has 0 heterocycles. The molecular formula is C31H38N2O3. The lowest BCUT2D eigenvalue weighted by Gasteiger charge is -2.32. The van der Waals surface area contributed by atoms with Crippen molar-refractivity contribution in [3.8, 4) is 5.75 Å². The quantitative estimate of drug-likeness (QED) is 0.402. The average molecular weight is 487 g/mol. The third-order valence-corrected chi connectivity index (χ3v) is 6.37. The molecule has 36 heavy (non-hydrogen) atoms. The van der Waals surface area contributed by atoms with Gasteiger partial charge in [-0.15, -0.1) is 0 Å². The standard InChI is InChI=1S/C31H38N2O3/c1-22(2)20-32-31(35)29(18-25-10-7-6-8-11-25)33(21-27-12-9-13-28(17-27)36-5)30(34)19-26-15-14-23(3)24(4)16-26/h6-17,22,29H,18-21H2,1-5H3,(H,32,35)/t29-/m0/s1. The summed E-state index contributed by atoms with van der Waals surface area (Å²) in [5, 5.41) is 3.07. The molecule has 190 valence electrons. The Labute approximate surface area is 215 Å². The predicted octanol–water partition coefficient (Wildman–Crippen LogP) is 5.27. The number of nitrogens with zero attached hydrogens (tertiary/aromatic N) is 1. The van der Waals surface area contributed by atoms with Gasteiger partial charge in [-0.3, -0.25) is 9.59 Å². The normalized spacial score (nSPS) is 11.7. The predicted molar refractivity (Wildman–Crippen MR) is 145 cm³/mol. The van der Waals surface area contributed by atoms with Crippen molar-refractivity contribution in [2.24, 2.45) is 5.92 Å². The largest absolute Gasteiger partial charge is 0.497 e. The summed E-state index contributed by atoms with van der Waals surface area (Å²) in [7, 11) is 1.62. The highest BCUT2D eigenvalue weighted by atomic mass is 16.5. The summed E-state index contributed by atoms with van der Waals surface area (Å²) in [5.74, 6) is 0.813. The maximum absolute atomic E-state index is 13.9. The number of hydrogen-bond donors (Lipinski definition) is 1. The van der Waals surface area contributed by atoms with Gasteiger partial charge >= 0.3 is 0 Å². The summed E-state index contributed by atoms with van der Waals surface area (Å²) in [6, 6.07) is 23.0. The fraction of sp³-hybridized carbons (Fsp3) is 0.355. The highest BCUT2D eigenvalue weighted by molar-refractivity contribution is 5.88. The molecule has 2 amide bonds. The lowest BCUT2D eigenvalue weighted by Crippen LogP contribution is -2.51. The third kappa shape index (κ3) is 7.70. The monoisotopic (exact) mass is 486 g/mol. The summed E-state index contributed by atoms with van der Waals surface area (Å²) in [6.45, 7) is 9.10. The van der Waals surface area contributed by atoms with E-state index in [1.54, 1.807) is 12.0 Å². The van der Waals surface area contributed by atoms with Gasteiger partial charge in [0.1, 0.15) is 11.8 Å². The van der Waals surface area contributed by atoms with Gasteiger partial charge in [-0.1, -0.05) is 74.5 Å². The first-order valence-electron chi connectivity index (χ1n) is 12.6. The van der Waals surface area contributed by atoms with Crippen molar-refractivity contribution in [3.05, 3.63) is 101 Å². The van der Waals surface area contributed by atoms with Crippen molar-refractivity contribution in [2.45, 2.75) is 53.1 Å². The highest BCUT2D eigenvalue weighted by Crippen LogP contribution is 2.20. The van der Waals surface area contributed by atoms with E-state index in [2.05, 4.69) is 39.1 Å². The molecule has 0 aliphatic rings. The second-order valence-corrected chi connectivity index (χ2v) is 9.81.